The third kappa shape index (κ3) is 2.22. The van der Waals surface area contributed by atoms with Crippen LogP contribution in [-0.4, -0.2) is 21.5 Å². The Morgan fingerprint density at radius 2 is 2.13 bits per heavy atom. The van der Waals surface area contributed by atoms with Crippen molar-refractivity contribution < 1.29 is 49.5 Å². The first-order valence-corrected chi connectivity index (χ1v) is 3.84. The molecule has 1 unspecified atom stereocenters. The third-order valence-electron chi connectivity index (χ3n) is 2.13. The average Bonchev–Trinajstić information content (AvgIpc) is 2.08. The summed E-state index contributed by atoms with van der Waals surface area (Å²) >= 11 is 0. The number of nitro groups is 1. The van der Waals surface area contributed by atoms with E-state index in [-0.39, 0.29) is 36.0 Å². The van der Waals surface area contributed by atoms with Gasteiger partial charge in [-0.05, 0) is 13.0 Å². The molecular formula is C8H8NNaO5. The normalized spacial score (nSPS) is 24.6. The van der Waals surface area contributed by atoms with Crippen LogP contribution in [-0.2, 0) is 4.79 Å². The fourth-order valence-electron chi connectivity index (χ4n) is 1.32. The van der Waals surface area contributed by atoms with Crippen LogP contribution in [0.4, 0.5) is 0 Å². The van der Waals surface area contributed by atoms with E-state index in [0.29, 0.717) is 5.57 Å². The molecular weight excluding hydrogens is 213 g/mol. The Hall–Kier alpha value is -0.850. The smallest absolute Gasteiger partial charge is 0.543 e. The summed E-state index contributed by atoms with van der Waals surface area (Å²) in [5.74, 6) is -2.70. The summed E-state index contributed by atoms with van der Waals surface area (Å²) in [6.07, 6.45) is 2.07. The Balaban J connectivity index is 0.00000196. The second-order valence-corrected chi connectivity index (χ2v) is 3.15. The van der Waals surface area contributed by atoms with Crippen LogP contribution in [0.5, 0.6) is 0 Å². The van der Waals surface area contributed by atoms with Crippen molar-refractivity contribution in [3.63, 3.8) is 0 Å². The van der Waals surface area contributed by atoms with E-state index in [0.717, 1.165) is 6.08 Å². The van der Waals surface area contributed by atoms with Crippen LogP contribution < -0.4 is 34.7 Å². The van der Waals surface area contributed by atoms with Crippen molar-refractivity contribution in [1.82, 2.24) is 0 Å². The monoisotopic (exact) mass is 221 g/mol. The van der Waals surface area contributed by atoms with Gasteiger partial charge in [-0.3, -0.25) is 10.1 Å². The molecule has 0 aliphatic heterocycles. The summed E-state index contributed by atoms with van der Waals surface area (Å²) in [6.45, 7) is 1.55. The summed E-state index contributed by atoms with van der Waals surface area (Å²) < 4.78 is 0. The van der Waals surface area contributed by atoms with Crippen LogP contribution in [0.1, 0.15) is 13.3 Å². The number of nitrogens with zero attached hydrogens (tertiary/aromatic N) is 1. The van der Waals surface area contributed by atoms with Crippen LogP contribution in [0.25, 0.3) is 0 Å². The molecule has 15 heavy (non-hydrogen) atoms. The van der Waals surface area contributed by atoms with Gasteiger partial charge in [-0.25, -0.2) is 0 Å². The number of carboxylic acid groups (broad SMARTS) is 1. The molecule has 0 fully saturated rings. The van der Waals surface area contributed by atoms with Gasteiger partial charge >= 0.3 is 35.1 Å². The quantitative estimate of drug-likeness (QED) is 0.296. The molecule has 1 rings (SSSR count). The molecule has 0 radical (unpaired) electrons. The minimum atomic E-state index is -2.52. The second kappa shape index (κ2) is 4.78. The molecule has 0 aromatic carbocycles. The van der Waals surface area contributed by atoms with Gasteiger partial charge < -0.3 is 15.0 Å². The summed E-state index contributed by atoms with van der Waals surface area (Å²) in [7, 11) is 0. The van der Waals surface area contributed by atoms with Gasteiger partial charge in [0.25, 0.3) is 0 Å². The summed E-state index contributed by atoms with van der Waals surface area (Å²) in [6, 6.07) is 0. The largest absolute Gasteiger partial charge is 1.00 e. The first-order chi connectivity index (χ1) is 6.41. The maximum absolute atomic E-state index is 10.7. The molecule has 0 amide bonds. The van der Waals surface area contributed by atoms with E-state index < -0.39 is 22.2 Å². The molecule has 1 aliphatic carbocycles. The number of hydrogen-bond donors (Lipinski definition) is 1. The Bertz CT molecular complexity index is 346. The first kappa shape index (κ1) is 14.2. The van der Waals surface area contributed by atoms with E-state index >= 15 is 0 Å². The standard InChI is InChI=1S/C8H9NO5.Na/c1-5-2-3-6(10)8(4-5,7(11)12)9(13)14;/h2-3,10H,4H2,1H3,(H,11,12);/q;+1/p-1. The second-order valence-electron chi connectivity index (χ2n) is 3.15. The minimum absolute atomic E-state index is 0. The van der Waals surface area contributed by atoms with Gasteiger partial charge in [-0.1, -0.05) is 11.6 Å². The molecule has 0 saturated heterocycles. The molecule has 0 aromatic rings. The number of carboxylic acids is 1. The van der Waals surface area contributed by atoms with Crippen molar-refractivity contribution in [3.05, 3.63) is 33.6 Å². The molecule has 1 aliphatic rings. The molecule has 7 heteroatoms. The first-order valence-electron chi connectivity index (χ1n) is 3.84. The number of rotatable bonds is 2. The molecule has 0 saturated carbocycles. The van der Waals surface area contributed by atoms with Gasteiger partial charge in [0.2, 0.25) is 0 Å². The van der Waals surface area contributed by atoms with Crippen LogP contribution in [0.3, 0.4) is 0 Å². The van der Waals surface area contributed by atoms with Crippen molar-refractivity contribution in [2.24, 2.45) is 0 Å². The van der Waals surface area contributed by atoms with E-state index in [9.17, 15) is 25.1 Å². The van der Waals surface area contributed by atoms with Gasteiger partial charge in [0.1, 0.15) is 5.97 Å². The van der Waals surface area contributed by atoms with Crippen LogP contribution in [0.15, 0.2) is 23.5 Å². The van der Waals surface area contributed by atoms with Crippen molar-refractivity contribution in [2.45, 2.75) is 18.9 Å². The average molecular weight is 221 g/mol. The Morgan fingerprint density at radius 1 is 1.60 bits per heavy atom. The molecule has 0 bridgehead atoms. The molecule has 1 N–H and O–H groups in total. The van der Waals surface area contributed by atoms with Crippen LogP contribution in [0.2, 0.25) is 0 Å². The van der Waals surface area contributed by atoms with E-state index in [1.165, 1.54) is 6.08 Å². The minimum Gasteiger partial charge on any atom is -0.543 e. The molecule has 0 spiro atoms. The number of carbonyl (C=O) groups is 1. The zero-order valence-corrected chi connectivity index (χ0v) is 10.4. The number of aliphatic hydroxyl groups is 1. The Morgan fingerprint density at radius 3 is 2.47 bits per heavy atom. The van der Waals surface area contributed by atoms with E-state index in [2.05, 4.69) is 0 Å². The molecule has 6 nitrogen and oxygen atoms in total. The van der Waals surface area contributed by atoms with Crippen LogP contribution in [0, 0.1) is 10.1 Å². The maximum atomic E-state index is 10.7. The van der Waals surface area contributed by atoms with Crippen molar-refractivity contribution in [2.75, 3.05) is 0 Å². The SMILES string of the molecule is CC1=CC=C(O)C(C(=O)[O-])([N+](=O)[O-])C1.[Na+]. The van der Waals surface area contributed by atoms with Gasteiger partial charge in [-0.2, -0.15) is 0 Å². The van der Waals surface area contributed by atoms with Crippen molar-refractivity contribution in [3.8, 4) is 0 Å². The fourth-order valence-corrected chi connectivity index (χ4v) is 1.32. The van der Waals surface area contributed by atoms with Crippen molar-refractivity contribution >= 4 is 5.97 Å². The molecule has 1 atom stereocenters. The van der Waals surface area contributed by atoms with Gasteiger partial charge in [0.15, 0.2) is 5.76 Å². The Labute approximate surface area is 108 Å². The molecule has 0 aromatic heterocycles. The number of aliphatic hydroxyl groups excluding tert-OH is 1. The van der Waals surface area contributed by atoms with E-state index in [1.807, 2.05) is 0 Å². The van der Waals surface area contributed by atoms with Gasteiger partial charge in [-0.15, -0.1) is 0 Å². The number of allylic oxidation sites excluding steroid dienone is 2. The number of carbonyl (C=O) groups excluding carboxylic acids is 1. The van der Waals surface area contributed by atoms with E-state index in [4.69, 9.17) is 0 Å². The Kier molecular flexibility index (Phi) is 4.51. The fraction of sp³-hybridized carbons (Fsp3) is 0.375. The molecule has 0 heterocycles. The summed E-state index contributed by atoms with van der Waals surface area (Å²) in [4.78, 5) is 20.3. The maximum Gasteiger partial charge on any atom is 1.00 e. The molecule has 76 valence electrons. The predicted molar refractivity (Wildman–Crippen MR) is 43.8 cm³/mol. The van der Waals surface area contributed by atoms with Crippen LogP contribution >= 0.6 is 0 Å². The van der Waals surface area contributed by atoms with Gasteiger partial charge in [0.05, 0.1) is 6.42 Å². The third-order valence-corrected chi connectivity index (χ3v) is 2.13. The van der Waals surface area contributed by atoms with E-state index in [1.54, 1.807) is 6.92 Å². The van der Waals surface area contributed by atoms with Crippen molar-refractivity contribution in [1.29, 1.82) is 0 Å². The predicted octanol–water partition coefficient (Wildman–Crippen LogP) is -3.45. The number of hydrogen-bond acceptors (Lipinski definition) is 5. The number of aliphatic carboxylic acids is 1. The zero-order valence-electron chi connectivity index (χ0n) is 8.39. The summed E-state index contributed by atoms with van der Waals surface area (Å²) in [5.41, 5.74) is -2.01. The van der Waals surface area contributed by atoms with Gasteiger partial charge in [0, 0.05) is 4.92 Å². The summed E-state index contributed by atoms with van der Waals surface area (Å²) in [5, 5.41) is 30.6. The topological polar surface area (TPSA) is 104 Å². The zero-order chi connectivity index (χ0) is 10.9.